The summed E-state index contributed by atoms with van der Waals surface area (Å²) in [6.45, 7) is 0.705. The van der Waals surface area contributed by atoms with Crippen molar-refractivity contribution in [2.24, 2.45) is 11.8 Å². The molecule has 0 radical (unpaired) electrons. The predicted octanol–water partition coefficient (Wildman–Crippen LogP) is 3.96. The van der Waals surface area contributed by atoms with Crippen molar-refractivity contribution < 1.29 is 23.9 Å². The van der Waals surface area contributed by atoms with Gasteiger partial charge >= 0.3 is 5.97 Å². The summed E-state index contributed by atoms with van der Waals surface area (Å²) in [4.78, 5) is 56.4. The number of nitrogens with zero attached hydrogens (tertiary/aromatic N) is 2. The quantitative estimate of drug-likeness (QED) is 0.336. The van der Waals surface area contributed by atoms with Crippen molar-refractivity contribution in [1.82, 2.24) is 9.80 Å². The number of benzene rings is 3. The van der Waals surface area contributed by atoms with E-state index in [2.05, 4.69) is 0 Å². The van der Waals surface area contributed by atoms with Gasteiger partial charge in [0.25, 0.3) is 0 Å². The molecule has 0 N–H and O–H groups in total. The molecule has 38 heavy (non-hydrogen) atoms. The van der Waals surface area contributed by atoms with Gasteiger partial charge in [0.1, 0.15) is 0 Å². The highest BCUT2D eigenvalue weighted by Gasteiger charge is 2.45. The number of amides is 1. The number of likely N-dealkylation sites (tertiary alicyclic amines) is 1. The average molecular weight is 513 g/mol. The minimum Gasteiger partial charge on any atom is -0.465 e. The number of Topliss-reactive ketones (excluding diaryl/α,β-unsaturated/α-hetero) is 2. The molecule has 3 aromatic rings. The molecular formula is C31H32N2O5. The molecule has 196 valence electrons. The number of ether oxygens (including phenoxy) is 1. The number of esters is 1. The van der Waals surface area contributed by atoms with E-state index in [1.807, 2.05) is 47.4 Å². The molecular weight excluding hydrogens is 480 g/mol. The lowest BCUT2D eigenvalue weighted by atomic mass is 9.68. The fourth-order valence-corrected chi connectivity index (χ4v) is 5.18. The second-order valence-corrected chi connectivity index (χ2v) is 9.80. The third-order valence-corrected chi connectivity index (χ3v) is 7.12. The lowest BCUT2D eigenvalue weighted by molar-refractivity contribution is -0.130. The molecule has 1 aliphatic heterocycles. The zero-order valence-corrected chi connectivity index (χ0v) is 21.9. The Morgan fingerprint density at radius 1 is 0.763 bits per heavy atom. The molecule has 0 aromatic heterocycles. The molecule has 2 unspecified atom stereocenters. The van der Waals surface area contributed by atoms with Crippen LogP contribution in [-0.2, 0) is 9.53 Å². The first-order chi connectivity index (χ1) is 18.3. The second-order valence-electron chi connectivity index (χ2n) is 9.80. The molecule has 0 aliphatic carbocycles. The zero-order chi connectivity index (χ0) is 27.2. The molecule has 3 aromatic carbocycles. The van der Waals surface area contributed by atoms with Crippen LogP contribution in [0.3, 0.4) is 0 Å². The maximum Gasteiger partial charge on any atom is 0.337 e. The Morgan fingerprint density at radius 2 is 1.26 bits per heavy atom. The number of carbonyl (C=O) groups is 4. The third kappa shape index (κ3) is 5.89. The Kier molecular flexibility index (Phi) is 8.48. The molecule has 0 saturated carbocycles. The summed E-state index contributed by atoms with van der Waals surface area (Å²) in [5.41, 5.74) is 2.15. The monoisotopic (exact) mass is 512 g/mol. The minimum absolute atomic E-state index is 0.0963. The molecule has 7 nitrogen and oxygen atoms in total. The number of piperidine rings is 1. The largest absolute Gasteiger partial charge is 0.465 e. The van der Waals surface area contributed by atoms with Gasteiger partial charge in [0.2, 0.25) is 5.91 Å². The summed E-state index contributed by atoms with van der Waals surface area (Å²) >= 11 is 0. The highest BCUT2D eigenvalue weighted by atomic mass is 16.5. The van der Waals surface area contributed by atoms with Gasteiger partial charge in [-0.25, -0.2) is 4.79 Å². The minimum atomic E-state index is -0.619. The maximum absolute atomic E-state index is 14.0. The summed E-state index contributed by atoms with van der Waals surface area (Å²) in [6.07, 6.45) is 0. The van der Waals surface area contributed by atoms with Crippen LogP contribution in [0.5, 0.6) is 0 Å². The molecule has 0 spiro atoms. The zero-order valence-electron chi connectivity index (χ0n) is 21.9. The van der Waals surface area contributed by atoms with Crippen LogP contribution in [0.2, 0.25) is 0 Å². The first-order valence-corrected chi connectivity index (χ1v) is 12.6. The third-order valence-electron chi connectivity index (χ3n) is 7.12. The Bertz CT molecular complexity index is 1240. The van der Waals surface area contributed by atoms with E-state index >= 15 is 0 Å². The molecule has 1 fully saturated rings. The van der Waals surface area contributed by atoms with Crippen molar-refractivity contribution in [3.05, 3.63) is 107 Å². The summed E-state index contributed by atoms with van der Waals surface area (Å²) in [5.74, 6) is -2.55. The predicted molar refractivity (Wildman–Crippen MR) is 144 cm³/mol. The standard InChI is InChI=1S/C31H32N2O5/c1-32(2)27(34)20-33-18-25(29(35)21-11-6-4-7-12-21)28(23-15-10-16-24(17-23)31(37)38-3)26(19-33)30(36)22-13-8-5-9-14-22/h4-17,25-26,28H,18-20H2,1-3H3. The molecule has 1 saturated heterocycles. The summed E-state index contributed by atoms with van der Waals surface area (Å²) < 4.78 is 4.93. The van der Waals surface area contributed by atoms with E-state index in [0.717, 1.165) is 5.56 Å². The highest BCUT2D eigenvalue weighted by molar-refractivity contribution is 6.02. The van der Waals surface area contributed by atoms with E-state index in [-0.39, 0.29) is 24.0 Å². The van der Waals surface area contributed by atoms with Crippen LogP contribution >= 0.6 is 0 Å². The molecule has 2 atom stereocenters. The van der Waals surface area contributed by atoms with Crippen LogP contribution < -0.4 is 0 Å². The lowest BCUT2D eigenvalue weighted by Crippen LogP contribution is -2.52. The van der Waals surface area contributed by atoms with Crippen molar-refractivity contribution in [3.63, 3.8) is 0 Å². The summed E-state index contributed by atoms with van der Waals surface area (Å²) in [6, 6.07) is 25.0. The Balaban J connectivity index is 1.84. The van der Waals surface area contributed by atoms with E-state index in [0.29, 0.717) is 29.8 Å². The van der Waals surface area contributed by atoms with Gasteiger partial charge < -0.3 is 9.64 Å². The molecule has 7 heteroatoms. The normalized spacial score (nSPS) is 19.4. The second kappa shape index (κ2) is 12.0. The van der Waals surface area contributed by atoms with Gasteiger partial charge in [-0.15, -0.1) is 0 Å². The number of likely N-dealkylation sites (N-methyl/N-ethyl adjacent to an activating group) is 1. The number of carbonyl (C=O) groups excluding carboxylic acids is 4. The average Bonchev–Trinajstić information content (AvgIpc) is 2.96. The van der Waals surface area contributed by atoms with Gasteiger partial charge in [0.05, 0.1) is 19.2 Å². The van der Waals surface area contributed by atoms with Gasteiger partial charge in [0.15, 0.2) is 11.6 Å². The first kappa shape index (κ1) is 26.9. The summed E-state index contributed by atoms with van der Waals surface area (Å²) in [5, 5.41) is 0. The van der Waals surface area contributed by atoms with Gasteiger partial charge in [-0.3, -0.25) is 19.3 Å². The molecule has 4 rings (SSSR count). The van der Waals surface area contributed by atoms with Crippen molar-refractivity contribution in [2.45, 2.75) is 5.92 Å². The van der Waals surface area contributed by atoms with Gasteiger partial charge in [0, 0.05) is 56.1 Å². The smallest absolute Gasteiger partial charge is 0.337 e. The van der Waals surface area contributed by atoms with Crippen molar-refractivity contribution >= 4 is 23.4 Å². The first-order valence-electron chi connectivity index (χ1n) is 12.6. The Hall–Kier alpha value is -4.10. The summed E-state index contributed by atoms with van der Waals surface area (Å²) in [7, 11) is 4.69. The van der Waals surface area contributed by atoms with Crippen LogP contribution in [-0.4, -0.2) is 74.1 Å². The Morgan fingerprint density at radius 3 is 1.74 bits per heavy atom. The Labute approximate surface area is 223 Å². The van der Waals surface area contributed by atoms with Crippen LogP contribution in [0.4, 0.5) is 0 Å². The van der Waals surface area contributed by atoms with Gasteiger partial charge in [-0.1, -0.05) is 72.8 Å². The van der Waals surface area contributed by atoms with E-state index in [9.17, 15) is 19.2 Å². The van der Waals surface area contributed by atoms with Crippen LogP contribution in [0, 0.1) is 11.8 Å². The van der Waals surface area contributed by atoms with Crippen molar-refractivity contribution in [3.8, 4) is 0 Å². The maximum atomic E-state index is 14.0. The lowest BCUT2D eigenvalue weighted by Gasteiger charge is -2.43. The fraction of sp³-hybridized carbons (Fsp3) is 0.290. The number of rotatable bonds is 8. The highest BCUT2D eigenvalue weighted by Crippen LogP contribution is 2.41. The van der Waals surface area contributed by atoms with Crippen LogP contribution in [0.1, 0.15) is 42.6 Å². The van der Waals surface area contributed by atoms with E-state index in [4.69, 9.17) is 4.74 Å². The van der Waals surface area contributed by atoms with Crippen LogP contribution in [0.25, 0.3) is 0 Å². The number of methoxy groups -OCH3 is 1. The number of hydrogen-bond acceptors (Lipinski definition) is 6. The van der Waals surface area contributed by atoms with Crippen molar-refractivity contribution in [2.75, 3.05) is 40.8 Å². The molecule has 1 amide bonds. The van der Waals surface area contributed by atoms with Crippen LogP contribution in [0.15, 0.2) is 84.9 Å². The van der Waals surface area contributed by atoms with Gasteiger partial charge in [-0.2, -0.15) is 0 Å². The number of hydrogen-bond donors (Lipinski definition) is 0. The van der Waals surface area contributed by atoms with Gasteiger partial charge in [-0.05, 0) is 17.7 Å². The van der Waals surface area contributed by atoms with E-state index < -0.39 is 23.7 Å². The molecule has 1 heterocycles. The number of ketones is 2. The topological polar surface area (TPSA) is 84.0 Å². The van der Waals surface area contributed by atoms with Crippen molar-refractivity contribution in [1.29, 1.82) is 0 Å². The fourth-order valence-electron chi connectivity index (χ4n) is 5.18. The van der Waals surface area contributed by atoms with E-state index in [1.54, 1.807) is 56.6 Å². The molecule has 0 bridgehead atoms. The van der Waals surface area contributed by atoms with E-state index in [1.165, 1.54) is 12.0 Å². The SMILES string of the molecule is COC(=O)c1cccc(C2C(C(=O)c3ccccc3)CN(CC(=O)N(C)C)CC2C(=O)c2ccccc2)c1. The molecule has 1 aliphatic rings.